The average Bonchev–Trinajstić information content (AvgIpc) is 2.37. The summed E-state index contributed by atoms with van der Waals surface area (Å²) in [5.41, 5.74) is -0.907. The van der Waals surface area contributed by atoms with E-state index in [4.69, 9.17) is 0 Å². The summed E-state index contributed by atoms with van der Waals surface area (Å²) < 4.78 is 40.8. The summed E-state index contributed by atoms with van der Waals surface area (Å²) in [4.78, 5) is 14.4. The number of hydrogen-bond acceptors (Lipinski definition) is 1. The molecule has 0 bridgehead atoms. The van der Waals surface area contributed by atoms with Crippen molar-refractivity contribution in [1.82, 2.24) is 4.98 Å². The van der Waals surface area contributed by atoms with Gasteiger partial charge in [0.15, 0.2) is 0 Å². The van der Waals surface area contributed by atoms with Crippen LogP contribution in [0.25, 0.3) is 22.0 Å². The van der Waals surface area contributed by atoms with E-state index in [0.717, 1.165) is 12.1 Å². The second-order valence-corrected chi connectivity index (χ2v) is 4.35. The van der Waals surface area contributed by atoms with Crippen molar-refractivity contribution in [2.45, 2.75) is 0 Å². The van der Waals surface area contributed by atoms with E-state index in [0.29, 0.717) is 11.6 Å². The number of hydrogen-bond donors (Lipinski definition) is 1. The van der Waals surface area contributed by atoms with Gasteiger partial charge in [0.1, 0.15) is 17.5 Å². The van der Waals surface area contributed by atoms with Gasteiger partial charge in [-0.15, -0.1) is 0 Å². The number of nitrogens with one attached hydrogen (secondary N) is 1. The summed E-state index contributed by atoms with van der Waals surface area (Å²) in [5, 5.41) is 0.187. The molecule has 5 heteroatoms. The van der Waals surface area contributed by atoms with Crippen LogP contribution in [0.5, 0.6) is 0 Å². The molecule has 0 radical (unpaired) electrons. The van der Waals surface area contributed by atoms with Crippen LogP contribution in [-0.4, -0.2) is 4.98 Å². The van der Waals surface area contributed by atoms with E-state index in [1.807, 2.05) is 0 Å². The minimum atomic E-state index is -0.869. The van der Waals surface area contributed by atoms with Crippen LogP contribution >= 0.6 is 0 Å². The van der Waals surface area contributed by atoms with Crippen LogP contribution in [0.15, 0.2) is 47.3 Å². The average molecular weight is 275 g/mol. The zero-order valence-corrected chi connectivity index (χ0v) is 10.1. The van der Waals surface area contributed by atoms with Gasteiger partial charge in [-0.1, -0.05) is 12.1 Å². The van der Waals surface area contributed by atoms with Crippen molar-refractivity contribution in [2.24, 2.45) is 0 Å². The molecule has 3 rings (SSSR count). The van der Waals surface area contributed by atoms with Crippen molar-refractivity contribution >= 4 is 10.9 Å². The molecule has 0 saturated heterocycles. The first kappa shape index (κ1) is 12.5. The van der Waals surface area contributed by atoms with Crippen molar-refractivity contribution in [3.8, 4) is 11.1 Å². The lowest BCUT2D eigenvalue weighted by Crippen LogP contribution is -2.12. The lowest BCUT2D eigenvalue weighted by atomic mass is 10.0. The van der Waals surface area contributed by atoms with Crippen LogP contribution in [0.4, 0.5) is 13.2 Å². The molecule has 0 aliphatic heterocycles. The van der Waals surface area contributed by atoms with Crippen LogP contribution in [0, 0.1) is 17.5 Å². The van der Waals surface area contributed by atoms with E-state index in [1.165, 1.54) is 6.07 Å². The summed E-state index contributed by atoms with van der Waals surface area (Å²) in [7, 11) is 0. The Bertz CT molecular complexity index is 850. The predicted octanol–water partition coefficient (Wildman–Crippen LogP) is 3.61. The zero-order valence-electron chi connectivity index (χ0n) is 10.1. The molecule has 0 amide bonds. The Morgan fingerprint density at radius 1 is 0.900 bits per heavy atom. The summed E-state index contributed by atoms with van der Waals surface area (Å²) >= 11 is 0. The van der Waals surface area contributed by atoms with Gasteiger partial charge < -0.3 is 4.98 Å². The molecule has 0 aliphatic rings. The number of H-pyrrole nitrogens is 1. The van der Waals surface area contributed by atoms with E-state index in [1.54, 1.807) is 18.2 Å². The number of pyridine rings is 1. The maximum Gasteiger partial charge on any atom is 0.259 e. The maximum atomic E-state index is 14.4. The van der Waals surface area contributed by atoms with Gasteiger partial charge in [-0.25, -0.2) is 13.2 Å². The third kappa shape index (κ3) is 1.97. The minimum Gasteiger partial charge on any atom is -0.321 e. The van der Waals surface area contributed by atoms with Crippen molar-refractivity contribution in [2.75, 3.05) is 0 Å². The molecule has 3 aromatic rings. The van der Waals surface area contributed by atoms with Gasteiger partial charge in [0.2, 0.25) is 0 Å². The fraction of sp³-hybridized carbons (Fsp3) is 0. The molecule has 1 heterocycles. The zero-order chi connectivity index (χ0) is 14.3. The third-order valence-electron chi connectivity index (χ3n) is 3.01. The molecule has 0 spiro atoms. The molecular formula is C15H8F3NO. The van der Waals surface area contributed by atoms with E-state index in [9.17, 15) is 18.0 Å². The first-order valence-electron chi connectivity index (χ1n) is 5.83. The Balaban J connectivity index is 2.39. The van der Waals surface area contributed by atoms with Gasteiger partial charge in [0.05, 0.1) is 11.1 Å². The van der Waals surface area contributed by atoms with Crippen molar-refractivity contribution in [3.05, 3.63) is 70.3 Å². The molecule has 0 atom stereocenters. The Hall–Kier alpha value is -2.56. The van der Waals surface area contributed by atoms with E-state index in [-0.39, 0.29) is 16.5 Å². The van der Waals surface area contributed by atoms with Crippen LogP contribution in [0.1, 0.15) is 0 Å². The number of fused-ring (bicyclic) bond motifs is 1. The molecule has 1 aromatic heterocycles. The number of halogens is 3. The Morgan fingerprint density at radius 3 is 2.25 bits per heavy atom. The molecule has 0 unspecified atom stereocenters. The highest BCUT2D eigenvalue weighted by Gasteiger charge is 2.15. The second-order valence-electron chi connectivity index (χ2n) is 4.35. The fourth-order valence-corrected chi connectivity index (χ4v) is 2.16. The second kappa shape index (κ2) is 4.52. The highest BCUT2D eigenvalue weighted by atomic mass is 19.1. The molecule has 2 aromatic carbocycles. The molecule has 100 valence electrons. The quantitative estimate of drug-likeness (QED) is 0.723. The van der Waals surface area contributed by atoms with Gasteiger partial charge in [0, 0.05) is 11.5 Å². The van der Waals surface area contributed by atoms with Crippen LogP contribution in [0.3, 0.4) is 0 Å². The summed E-state index contributed by atoms with van der Waals surface area (Å²) in [6, 6.07) is 8.81. The molecule has 0 saturated carbocycles. The number of aromatic nitrogens is 1. The number of para-hydroxylation sites is 1. The topological polar surface area (TPSA) is 32.9 Å². The van der Waals surface area contributed by atoms with Crippen LogP contribution < -0.4 is 5.56 Å². The smallest absolute Gasteiger partial charge is 0.259 e. The van der Waals surface area contributed by atoms with Crippen molar-refractivity contribution in [3.63, 3.8) is 0 Å². The lowest BCUT2D eigenvalue weighted by Gasteiger charge is -2.06. The largest absolute Gasteiger partial charge is 0.321 e. The number of aromatic amines is 1. The van der Waals surface area contributed by atoms with Crippen molar-refractivity contribution in [1.29, 1.82) is 0 Å². The Morgan fingerprint density at radius 2 is 1.55 bits per heavy atom. The summed E-state index contributed by atoms with van der Waals surface area (Å²) in [6.07, 6.45) is 0. The highest BCUT2D eigenvalue weighted by molar-refractivity contribution is 5.84. The van der Waals surface area contributed by atoms with Crippen LogP contribution in [-0.2, 0) is 0 Å². The monoisotopic (exact) mass is 275 g/mol. The third-order valence-corrected chi connectivity index (χ3v) is 3.01. The molecule has 0 aliphatic carbocycles. The SMILES string of the molecule is O=c1[nH]c2ccccc2c(F)c1-c1cc(F)cc(F)c1. The Kier molecular flexibility index (Phi) is 2.82. The van der Waals surface area contributed by atoms with E-state index >= 15 is 0 Å². The molecule has 1 N–H and O–H groups in total. The first-order valence-corrected chi connectivity index (χ1v) is 5.83. The van der Waals surface area contributed by atoms with Gasteiger partial charge in [-0.3, -0.25) is 4.79 Å². The molecule has 2 nitrogen and oxygen atoms in total. The van der Waals surface area contributed by atoms with Crippen LogP contribution in [0.2, 0.25) is 0 Å². The van der Waals surface area contributed by atoms with Gasteiger partial charge in [-0.05, 0) is 29.8 Å². The lowest BCUT2D eigenvalue weighted by molar-refractivity contribution is 0.583. The minimum absolute atomic E-state index is 0.132. The number of benzene rings is 2. The summed E-state index contributed by atoms with van der Waals surface area (Å²) in [5.74, 6) is -2.53. The normalized spacial score (nSPS) is 10.9. The van der Waals surface area contributed by atoms with Gasteiger partial charge >= 0.3 is 0 Å². The van der Waals surface area contributed by atoms with Gasteiger partial charge in [0.25, 0.3) is 5.56 Å². The molecule has 0 fully saturated rings. The van der Waals surface area contributed by atoms with E-state index in [2.05, 4.69) is 4.98 Å². The predicted molar refractivity (Wildman–Crippen MR) is 69.9 cm³/mol. The maximum absolute atomic E-state index is 14.4. The number of rotatable bonds is 1. The first-order chi connectivity index (χ1) is 9.56. The highest BCUT2D eigenvalue weighted by Crippen LogP contribution is 2.25. The Labute approximate surface area is 111 Å². The van der Waals surface area contributed by atoms with E-state index < -0.39 is 23.0 Å². The fourth-order valence-electron chi connectivity index (χ4n) is 2.16. The van der Waals surface area contributed by atoms with Gasteiger partial charge in [-0.2, -0.15) is 0 Å². The van der Waals surface area contributed by atoms with Crippen molar-refractivity contribution < 1.29 is 13.2 Å². The molecular weight excluding hydrogens is 267 g/mol. The summed E-state index contributed by atoms with van der Waals surface area (Å²) in [6.45, 7) is 0. The molecule has 20 heavy (non-hydrogen) atoms. The standard InChI is InChI=1S/C15H8F3NO/c16-9-5-8(6-10(17)7-9)13-14(18)11-3-1-2-4-12(11)19-15(13)20/h1-7H,(H,19,20).